The van der Waals surface area contributed by atoms with Crippen molar-refractivity contribution in [1.82, 2.24) is 0 Å². The Hall–Kier alpha value is -0.930. The molecule has 0 fully saturated rings. The molecule has 0 unspecified atom stereocenters. The van der Waals surface area contributed by atoms with Gasteiger partial charge in [-0.2, -0.15) is 0 Å². The van der Waals surface area contributed by atoms with E-state index in [1.165, 1.54) is 18.2 Å². The highest BCUT2D eigenvalue weighted by Crippen LogP contribution is 2.22. The minimum absolute atomic E-state index is 0.0905. The SMILES string of the molecule is CCCS(=O)(=O)CCS(=O)(=O)c1cc(Br)ccc1C(=O)O. The molecule has 0 aromatic heterocycles. The van der Waals surface area contributed by atoms with Gasteiger partial charge in [0, 0.05) is 10.2 Å². The Morgan fingerprint density at radius 1 is 1.14 bits per heavy atom. The number of carboxylic acid groups (broad SMARTS) is 1. The van der Waals surface area contributed by atoms with Crippen LogP contribution in [0.3, 0.4) is 0 Å². The number of benzene rings is 1. The molecule has 0 aliphatic rings. The number of carboxylic acids is 1. The first-order chi connectivity index (χ1) is 9.59. The maximum absolute atomic E-state index is 12.2. The summed E-state index contributed by atoms with van der Waals surface area (Å²) in [4.78, 5) is 10.7. The van der Waals surface area contributed by atoms with E-state index in [1.807, 2.05) is 0 Å². The van der Waals surface area contributed by atoms with E-state index in [-0.39, 0.29) is 16.2 Å². The molecule has 0 aliphatic carbocycles. The van der Waals surface area contributed by atoms with E-state index in [4.69, 9.17) is 5.11 Å². The lowest BCUT2D eigenvalue weighted by molar-refractivity contribution is 0.0692. The smallest absolute Gasteiger partial charge is 0.337 e. The molecule has 0 atom stereocenters. The van der Waals surface area contributed by atoms with Gasteiger partial charge in [0.1, 0.15) is 0 Å². The Labute approximate surface area is 132 Å². The number of sulfone groups is 2. The average molecular weight is 399 g/mol. The number of halogens is 1. The molecular weight excluding hydrogens is 384 g/mol. The standard InChI is InChI=1S/C12H15BrO6S2/c1-2-5-20(16,17)6-7-21(18,19)11-8-9(13)3-4-10(11)12(14)15/h3-4,8H,2,5-7H2,1H3,(H,14,15). The van der Waals surface area contributed by atoms with Crippen LogP contribution in [0.25, 0.3) is 0 Å². The summed E-state index contributed by atoms with van der Waals surface area (Å²) in [5, 5.41) is 9.03. The first-order valence-electron chi connectivity index (χ1n) is 6.05. The molecule has 6 nitrogen and oxygen atoms in total. The summed E-state index contributed by atoms with van der Waals surface area (Å²) in [6.45, 7) is 1.68. The van der Waals surface area contributed by atoms with Gasteiger partial charge in [0.25, 0.3) is 0 Å². The number of carbonyl (C=O) groups is 1. The van der Waals surface area contributed by atoms with Crippen LogP contribution < -0.4 is 0 Å². The third kappa shape index (κ3) is 5.08. The summed E-state index contributed by atoms with van der Waals surface area (Å²) in [6, 6.07) is 3.75. The number of aromatic carboxylic acids is 1. The molecule has 0 bridgehead atoms. The van der Waals surface area contributed by atoms with Gasteiger partial charge in [-0.15, -0.1) is 0 Å². The van der Waals surface area contributed by atoms with E-state index in [0.717, 1.165) is 0 Å². The predicted octanol–water partition coefficient (Wildman–Crippen LogP) is 1.75. The Kier molecular flexibility index (Phi) is 5.94. The molecule has 0 amide bonds. The largest absolute Gasteiger partial charge is 0.478 e. The normalized spacial score (nSPS) is 12.3. The Morgan fingerprint density at radius 3 is 2.29 bits per heavy atom. The fourth-order valence-corrected chi connectivity index (χ4v) is 5.94. The van der Waals surface area contributed by atoms with Crippen molar-refractivity contribution in [3.63, 3.8) is 0 Å². The molecule has 0 saturated carbocycles. The van der Waals surface area contributed by atoms with E-state index in [2.05, 4.69) is 15.9 Å². The monoisotopic (exact) mass is 398 g/mol. The maximum Gasteiger partial charge on any atom is 0.337 e. The quantitative estimate of drug-likeness (QED) is 0.749. The second-order valence-electron chi connectivity index (χ2n) is 4.42. The van der Waals surface area contributed by atoms with Crippen molar-refractivity contribution < 1.29 is 26.7 Å². The highest BCUT2D eigenvalue weighted by molar-refractivity contribution is 9.10. The second kappa shape index (κ2) is 6.89. The molecular formula is C12H15BrO6S2. The molecule has 21 heavy (non-hydrogen) atoms. The van der Waals surface area contributed by atoms with Gasteiger partial charge < -0.3 is 5.11 Å². The fraction of sp³-hybridized carbons (Fsp3) is 0.417. The van der Waals surface area contributed by atoms with Crippen molar-refractivity contribution in [2.75, 3.05) is 17.3 Å². The van der Waals surface area contributed by atoms with Gasteiger partial charge in [-0.3, -0.25) is 0 Å². The third-order valence-corrected chi connectivity index (χ3v) is 7.04. The predicted molar refractivity (Wildman–Crippen MR) is 82.1 cm³/mol. The molecule has 0 radical (unpaired) electrons. The van der Waals surface area contributed by atoms with Crippen LogP contribution in [-0.4, -0.2) is 45.2 Å². The average Bonchev–Trinajstić information content (AvgIpc) is 2.36. The van der Waals surface area contributed by atoms with Gasteiger partial charge in [-0.25, -0.2) is 21.6 Å². The lowest BCUT2D eigenvalue weighted by Crippen LogP contribution is -2.21. The van der Waals surface area contributed by atoms with Crippen molar-refractivity contribution in [2.45, 2.75) is 18.2 Å². The molecule has 0 aliphatic heterocycles. The van der Waals surface area contributed by atoms with Crippen LogP contribution >= 0.6 is 15.9 Å². The fourth-order valence-electron chi connectivity index (χ4n) is 1.69. The summed E-state index contributed by atoms with van der Waals surface area (Å²) in [5.74, 6) is -2.62. The van der Waals surface area contributed by atoms with E-state index in [0.29, 0.717) is 10.9 Å². The van der Waals surface area contributed by atoms with Crippen LogP contribution in [0.4, 0.5) is 0 Å². The first kappa shape index (κ1) is 18.1. The van der Waals surface area contributed by atoms with Crippen LogP contribution in [0.15, 0.2) is 27.6 Å². The van der Waals surface area contributed by atoms with Gasteiger partial charge in [0.2, 0.25) is 0 Å². The van der Waals surface area contributed by atoms with Gasteiger partial charge in [0.15, 0.2) is 19.7 Å². The summed E-state index contributed by atoms with van der Waals surface area (Å²) in [7, 11) is -7.45. The van der Waals surface area contributed by atoms with Crippen LogP contribution in [0.5, 0.6) is 0 Å². The highest BCUT2D eigenvalue weighted by atomic mass is 79.9. The van der Waals surface area contributed by atoms with E-state index < -0.39 is 37.1 Å². The lowest BCUT2D eigenvalue weighted by atomic mass is 10.2. The Morgan fingerprint density at radius 2 is 1.76 bits per heavy atom. The molecule has 118 valence electrons. The van der Waals surface area contributed by atoms with Crippen molar-refractivity contribution >= 4 is 41.6 Å². The zero-order chi connectivity index (χ0) is 16.3. The summed E-state index contributed by atoms with van der Waals surface area (Å²) < 4.78 is 48.0. The van der Waals surface area contributed by atoms with Crippen LogP contribution in [0.2, 0.25) is 0 Å². The summed E-state index contributed by atoms with van der Waals surface area (Å²) in [6.07, 6.45) is 0.402. The minimum atomic E-state index is -4.00. The minimum Gasteiger partial charge on any atom is -0.478 e. The molecule has 1 aromatic rings. The van der Waals surface area contributed by atoms with E-state index >= 15 is 0 Å². The first-order valence-corrected chi connectivity index (χ1v) is 10.3. The zero-order valence-electron chi connectivity index (χ0n) is 11.2. The van der Waals surface area contributed by atoms with Gasteiger partial charge >= 0.3 is 5.97 Å². The van der Waals surface area contributed by atoms with Crippen LogP contribution in [-0.2, 0) is 19.7 Å². The van der Waals surface area contributed by atoms with Crippen molar-refractivity contribution in [3.05, 3.63) is 28.2 Å². The number of rotatable bonds is 7. The Bertz CT molecular complexity index is 737. The third-order valence-electron chi connectivity index (χ3n) is 2.69. The molecule has 1 N–H and O–H groups in total. The number of hydrogen-bond acceptors (Lipinski definition) is 5. The molecule has 1 aromatic carbocycles. The molecule has 0 spiro atoms. The lowest BCUT2D eigenvalue weighted by Gasteiger charge is -2.09. The van der Waals surface area contributed by atoms with Gasteiger partial charge in [-0.05, 0) is 24.6 Å². The van der Waals surface area contributed by atoms with Crippen LogP contribution in [0.1, 0.15) is 23.7 Å². The second-order valence-corrected chi connectivity index (χ2v) is 9.71. The van der Waals surface area contributed by atoms with Gasteiger partial charge in [0.05, 0.1) is 22.0 Å². The molecule has 0 heterocycles. The van der Waals surface area contributed by atoms with Gasteiger partial charge in [-0.1, -0.05) is 22.9 Å². The summed E-state index contributed by atoms with van der Waals surface area (Å²) >= 11 is 3.08. The van der Waals surface area contributed by atoms with E-state index in [9.17, 15) is 21.6 Å². The molecule has 9 heteroatoms. The van der Waals surface area contributed by atoms with E-state index in [1.54, 1.807) is 6.92 Å². The van der Waals surface area contributed by atoms with Crippen LogP contribution in [0, 0.1) is 0 Å². The molecule has 0 saturated heterocycles. The Balaban J connectivity index is 3.14. The maximum atomic E-state index is 12.2. The molecule has 1 rings (SSSR count). The van der Waals surface area contributed by atoms with Crippen molar-refractivity contribution in [3.8, 4) is 0 Å². The van der Waals surface area contributed by atoms with Crippen molar-refractivity contribution in [2.24, 2.45) is 0 Å². The van der Waals surface area contributed by atoms with Crippen molar-refractivity contribution in [1.29, 1.82) is 0 Å². The summed E-state index contributed by atoms with van der Waals surface area (Å²) in [5.41, 5.74) is -0.369. The number of hydrogen-bond donors (Lipinski definition) is 1. The highest BCUT2D eigenvalue weighted by Gasteiger charge is 2.25. The topological polar surface area (TPSA) is 106 Å². The zero-order valence-corrected chi connectivity index (χ0v) is 14.5.